The molecule has 0 fully saturated rings. The first kappa shape index (κ1) is 13.3. The number of aliphatic hydroxyl groups excluding tert-OH is 1. The van der Waals surface area contributed by atoms with Gasteiger partial charge in [-0.15, -0.1) is 0 Å². The number of rotatable bonds is 3. The van der Waals surface area contributed by atoms with Gasteiger partial charge in [-0.2, -0.15) is 0 Å². The largest absolute Gasteiger partial charge is 0.505 e. The van der Waals surface area contributed by atoms with Crippen molar-refractivity contribution in [1.29, 1.82) is 0 Å². The molecule has 16 heavy (non-hydrogen) atoms. The van der Waals surface area contributed by atoms with Gasteiger partial charge in [0.2, 0.25) is 0 Å². The second-order valence-electron chi connectivity index (χ2n) is 3.22. The van der Waals surface area contributed by atoms with Crippen molar-refractivity contribution in [3.8, 4) is 5.75 Å². The number of halogens is 4. The molecule has 1 aromatic rings. The summed E-state index contributed by atoms with van der Waals surface area (Å²) in [4.78, 5) is 0. The van der Waals surface area contributed by atoms with Gasteiger partial charge in [0.05, 0.1) is 0 Å². The molecule has 0 aliphatic rings. The van der Waals surface area contributed by atoms with Crippen LogP contribution in [0.25, 0.3) is 0 Å². The highest BCUT2D eigenvalue weighted by Crippen LogP contribution is 2.36. The van der Waals surface area contributed by atoms with Crippen LogP contribution in [0.15, 0.2) is 16.6 Å². The Balaban J connectivity index is 3.23. The van der Waals surface area contributed by atoms with E-state index in [-0.39, 0.29) is 4.47 Å². The maximum absolute atomic E-state index is 13.1. The van der Waals surface area contributed by atoms with Crippen LogP contribution in [0.3, 0.4) is 0 Å². The SMILES string of the molecule is N[C@@H](c1cc(Br)cc(F)c1O)C(F)(F)CO. The third-order valence-electron chi connectivity index (χ3n) is 2.06. The van der Waals surface area contributed by atoms with E-state index in [1.54, 1.807) is 0 Å². The molecule has 0 heterocycles. The smallest absolute Gasteiger partial charge is 0.289 e. The van der Waals surface area contributed by atoms with Gasteiger partial charge in [0.1, 0.15) is 12.6 Å². The predicted molar refractivity (Wildman–Crippen MR) is 54.7 cm³/mol. The van der Waals surface area contributed by atoms with Crippen LogP contribution in [-0.4, -0.2) is 22.7 Å². The molecular weight excluding hydrogens is 291 g/mol. The first-order valence-corrected chi connectivity index (χ1v) is 5.01. The van der Waals surface area contributed by atoms with Crippen molar-refractivity contribution in [2.75, 3.05) is 6.61 Å². The van der Waals surface area contributed by atoms with E-state index in [0.717, 1.165) is 12.1 Å². The minimum Gasteiger partial charge on any atom is -0.505 e. The summed E-state index contributed by atoms with van der Waals surface area (Å²) >= 11 is 2.89. The highest BCUT2D eigenvalue weighted by atomic mass is 79.9. The lowest BCUT2D eigenvalue weighted by atomic mass is 10.0. The van der Waals surface area contributed by atoms with Gasteiger partial charge in [-0.05, 0) is 12.1 Å². The fourth-order valence-corrected chi connectivity index (χ4v) is 1.60. The van der Waals surface area contributed by atoms with Crippen LogP contribution in [0.1, 0.15) is 11.6 Å². The Morgan fingerprint density at radius 2 is 2.00 bits per heavy atom. The Morgan fingerprint density at radius 1 is 1.44 bits per heavy atom. The van der Waals surface area contributed by atoms with Crippen LogP contribution in [-0.2, 0) is 0 Å². The number of phenols is 1. The predicted octanol–water partition coefficient (Wildman–Crippen LogP) is 1.92. The second-order valence-corrected chi connectivity index (χ2v) is 4.14. The summed E-state index contributed by atoms with van der Waals surface area (Å²) < 4.78 is 39.3. The van der Waals surface area contributed by atoms with Crippen molar-refractivity contribution in [3.05, 3.63) is 28.0 Å². The quantitative estimate of drug-likeness (QED) is 0.799. The molecule has 7 heteroatoms. The van der Waals surface area contributed by atoms with Gasteiger partial charge in [0, 0.05) is 10.0 Å². The van der Waals surface area contributed by atoms with Crippen LogP contribution in [0.2, 0.25) is 0 Å². The van der Waals surface area contributed by atoms with Crippen molar-refractivity contribution in [3.63, 3.8) is 0 Å². The topological polar surface area (TPSA) is 66.5 Å². The molecule has 0 radical (unpaired) electrons. The average molecular weight is 300 g/mol. The highest BCUT2D eigenvalue weighted by Gasteiger charge is 2.39. The van der Waals surface area contributed by atoms with Gasteiger partial charge in [0.15, 0.2) is 11.6 Å². The molecule has 3 nitrogen and oxygen atoms in total. The van der Waals surface area contributed by atoms with E-state index >= 15 is 0 Å². The molecule has 0 unspecified atom stereocenters. The third kappa shape index (κ3) is 2.47. The number of alkyl halides is 2. The molecule has 0 spiro atoms. The normalized spacial score (nSPS) is 13.9. The van der Waals surface area contributed by atoms with Gasteiger partial charge in [0.25, 0.3) is 5.92 Å². The van der Waals surface area contributed by atoms with Gasteiger partial charge in [-0.1, -0.05) is 15.9 Å². The molecule has 1 rings (SSSR count). The van der Waals surface area contributed by atoms with E-state index in [9.17, 15) is 18.3 Å². The van der Waals surface area contributed by atoms with Gasteiger partial charge < -0.3 is 15.9 Å². The maximum Gasteiger partial charge on any atom is 0.289 e. The summed E-state index contributed by atoms with van der Waals surface area (Å²) in [5.41, 5.74) is 4.70. The number of aliphatic hydroxyl groups is 1. The minimum atomic E-state index is -3.63. The second kappa shape index (κ2) is 4.60. The fraction of sp³-hybridized carbons (Fsp3) is 0.333. The van der Waals surface area contributed by atoms with Crippen LogP contribution in [0, 0.1) is 5.82 Å². The zero-order valence-corrected chi connectivity index (χ0v) is 9.51. The number of benzene rings is 1. The lowest BCUT2D eigenvalue weighted by molar-refractivity contribution is -0.0716. The van der Waals surface area contributed by atoms with E-state index in [4.69, 9.17) is 10.8 Å². The molecule has 1 aromatic carbocycles. The molecule has 0 amide bonds. The van der Waals surface area contributed by atoms with E-state index in [2.05, 4.69) is 15.9 Å². The molecule has 0 aliphatic heterocycles. The Morgan fingerprint density at radius 3 is 2.50 bits per heavy atom. The minimum absolute atomic E-state index is 0.169. The van der Waals surface area contributed by atoms with Crippen LogP contribution in [0.5, 0.6) is 5.75 Å². The summed E-state index contributed by atoms with van der Waals surface area (Å²) in [6.07, 6.45) is 0. The van der Waals surface area contributed by atoms with Crippen molar-refractivity contribution in [1.82, 2.24) is 0 Å². The molecule has 0 saturated heterocycles. The zero-order valence-electron chi connectivity index (χ0n) is 7.92. The zero-order chi connectivity index (χ0) is 12.5. The van der Waals surface area contributed by atoms with Crippen LogP contribution >= 0.6 is 15.9 Å². The number of nitrogens with two attached hydrogens (primary N) is 1. The Kier molecular flexibility index (Phi) is 3.82. The summed E-state index contributed by atoms with van der Waals surface area (Å²) in [6.45, 7) is -1.48. The van der Waals surface area contributed by atoms with Gasteiger partial charge >= 0.3 is 0 Å². The monoisotopic (exact) mass is 299 g/mol. The highest BCUT2D eigenvalue weighted by molar-refractivity contribution is 9.10. The number of phenolic OH excluding ortho intramolecular Hbond substituents is 1. The van der Waals surface area contributed by atoms with Crippen LogP contribution in [0.4, 0.5) is 13.2 Å². The summed E-state index contributed by atoms with van der Waals surface area (Å²) in [5.74, 6) is -5.64. The molecule has 0 aromatic heterocycles. The molecule has 0 bridgehead atoms. The third-order valence-corrected chi connectivity index (χ3v) is 2.52. The Hall–Kier alpha value is -0.790. The molecule has 0 saturated carbocycles. The summed E-state index contributed by atoms with van der Waals surface area (Å²) in [6, 6.07) is 0.0134. The van der Waals surface area contributed by atoms with E-state index < -0.39 is 35.7 Å². The lowest BCUT2D eigenvalue weighted by Crippen LogP contribution is -2.36. The summed E-state index contributed by atoms with van der Waals surface area (Å²) in [7, 11) is 0. The van der Waals surface area contributed by atoms with Crippen molar-refractivity contribution < 1.29 is 23.4 Å². The van der Waals surface area contributed by atoms with Crippen molar-refractivity contribution in [2.45, 2.75) is 12.0 Å². The lowest BCUT2D eigenvalue weighted by Gasteiger charge is -2.22. The van der Waals surface area contributed by atoms with Gasteiger partial charge in [-0.25, -0.2) is 13.2 Å². The van der Waals surface area contributed by atoms with Crippen molar-refractivity contribution in [2.24, 2.45) is 5.73 Å². The van der Waals surface area contributed by atoms with E-state index in [1.807, 2.05) is 0 Å². The fourth-order valence-electron chi connectivity index (χ4n) is 1.15. The van der Waals surface area contributed by atoms with Crippen LogP contribution < -0.4 is 5.73 Å². The molecule has 4 N–H and O–H groups in total. The van der Waals surface area contributed by atoms with Gasteiger partial charge in [-0.3, -0.25) is 0 Å². The summed E-state index contributed by atoms with van der Waals surface area (Å²) in [5, 5.41) is 17.7. The van der Waals surface area contributed by atoms with Crippen molar-refractivity contribution >= 4 is 15.9 Å². The Bertz CT molecular complexity index is 401. The average Bonchev–Trinajstić information content (AvgIpc) is 2.22. The first-order valence-electron chi connectivity index (χ1n) is 4.21. The maximum atomic E-state index is 13.1. The van der Waals surface area contributed by atoms with E-state index in [1.165, 1.54) is 0 Å². The molecule has 90 valence electrons. The molecular formula is C9H9BrF3NO2. The standard InChI is InChI=1S/C9H9BrF3NO2/c10-4-1-5(7(16)6(11)2-4)8(14)9(12,13)3-15/h1-2,8,15-16H,3,14H2/t8-/m0/s1. The molecule has 1 atom stereocenters. The number of hydrogen-bond donors (Lipinski definition) is 3. The molecule has 0 aliphatic carbocycles. The first-order chi connectivity index (χ1) is 7.29. The van der Waals surface area contributed by atoms with E-state index in [0.29, 0.717) is 0 Å². The number of hydrogen-bond acceptors (Lipinski definition) is 3. The Labute approximate surface area is 97.8 Å². The number of aromatic hydroxyl groups is 1.